The number of aryl methyl sites for hydroxylation is 1. The Morgan fingerprint density at radius 2 is 1.95 bits per heavy atom. The Labute approximate surface area is 109 Å². The third-order valence-corrected chi connectivity index (χ3v) is 2.70. The number of anilines is 1. The Morgan fingerprint density at radius 1 is 1.26 bits per heavy atom. The van der Waals surface area contributed by atoms with Crippen LogP contribution in [0.3, 0.4) is 0 Å². The first-order valence-corrected chi connectivity index (χ1v) is 5.75. The summed E-state index contributed by atoms with van der Waals surface area (Å²) in [4.78, 5) is 15.0. The third-order valence-electron chi connectivity index (χ3n) is 2.70. The number of rotatable bonds is 4. The Balaban J connectivity index is 2.06. The van der Waals surface area contributed by atoms with Crippen LogP contribution in [0, 0.1) is 12.7 Å². The quantitative estimate of drug-likeness (QED) is 0.887. The molecule has 0 aliphatic carbocycles. The van der Waals surface area contributed by atoms with E-state index in [1.54, 1.807) is 25.1 Å². The fourth-order valence-electron chi connectivity index (χ4n) is 1.68. The van der Waals surface area contributed by atoms with Crippen LogP contribution in [0.15, 0.2) is 36.4 Å². The molecule has 0 fully saturated rings. The van der Waals surface area contributed by atoms with Crippen molar-refractivity contribution in [2.24, 2.45) is 0 Å². The van der Waals surface area contributed by atoms with Crippen molar-refractivity contribution in [3.8, 4) is 0 Å². The van der Waals surface area contributed by atoms with Gasteiger partial charge in [0.1, 0.15) is 11.6 Å². The second kappa shape index (κ2) is 5.48. The minimum absolute atomic E-state index is 0.187. The van der Waals surface area contributed by atoms with E-state index in [1.807, 2.05) is 0 Å². The second-order valence-corrected chi connectivity index (χ2v) is 4.11. The lowest BCUT2D eigenvalue weighted by Gasteiger charge is -2.07. The molecule has 1 aromatic carbocycles. The van der Waals surface area contributed by atoms with E-state index in [0.29, 0.717) is 18.1 Å². The van der Waals surface area contributed by atoms with E-state index in [9.17, 15) is 9.18 Å². The van der Waals surface area contributed by atoms with Crippen LogP contribution in [0.5, 0.6) is 0 Å². The monoisotopic (exact) mass is 260 g/mol. The molecule has 0 spiro atoms. The Kier molecular flexibility index (Phi) is 3.75. The first kappa shape index (κ1) is 13.0. The number of carboxylic acid groups (broad SMARTS) is 1. The average molecular weight is 260 g/mol. The number of pyridine rings is 1. The van der Waals surface area contributed by atoms with Crippen molar-refractivity contribution in [2.75, 3.05) is 5.32 Å². The molecule has 0 unspecified atom stereocenters. The molecule has 1 aromatic heterocycles. The fourth-order valence-corrected chi connectivity index (χ4v) is 1.68. The Morgan fingerprint density at radius 3 is 2.53 bits per heavy atom. The summed E-state index contributed by atoms with van der Waals surface area (Å²) in [6.45, 7) is 2.14. The first-order chi connectivity index (χ1) is 9.06. The van der Waals surface area contributed by atoms with Crippen LogP contribution in [-0.2, 0) is 6.54 Å². The molecule has 5 heteroatoms. The van der Waals surface area contributed by atoms with Gasteiger partial charge >= 0.3 is 5.97 Å². The van der Waals surface area contributed by atoms with Gasteiger partial charge in [-0.2, -0.15) is 0 Å². The molecule has 2 N–H and O–H groups in total. The molecule has 0 aliphatic rings. The second-order valence-electron chi connectivity index (χ2n) is 4.11. The summed E-state index contributed by atoms with van der Waals surface area (Å²) < 4.78 is 12.7. The predicted octanol–water partition coefficient (Wildman–Crippen LogP) is 2.84. The molecule has 0 saturated carbocycles. The lowest BCUT2D eigenvalue weighted by atomic mass is 10.2. The van der Waals surface area contributed by atoms with Crippen molar-refractivity contribution in [1.82, 2.24) is 4.98 Å². The van der Waals surface area contributed by atoms with Crippen molar-refractivity contribution in [2.45, 2.75) is 13.5 Å². The molecule has 1 heterocycles. The zero-order valence-electron chi connectivity index (χ0n) is 10.4. The molecule has 4 nitrogen and oxygen atoms in total. The normalized spacial score (nSPS) is 10.2. The number of carbonyl (C=O) groups is 1. The summed E-state index contributed by atoms with van der Waals surface area (Å²) in [5, 5.41) is 12.0. The molecule has 0 radical (unpaired) electrons. The van der Waals surface area contributed by atoms with E-state index in [4.69, 9.17) is 5.11 Å². The lowest BCUT2D eigenvalue weighted by molar-refractivity contribution is 0.0695. The van der Waals surface area contributed by atoms with Crippen molar-refractivity contribution < 1.29 is 14.3 Å². The summed E-state index contributed by atoms with van der Waals surface area (Å²) in [6, 6.07) is 9.27. The van der Waals surface area contributed by atoms with Gasteiger partial charge in [0.15, 0.2) is 0 Å². The third kappa shape index (κ3) is 3.28. The summed E-state index contributed by atoms with van der Waals surface area (Å²) in [6.07, 6.45) is 0. The summed E-state index contributed by atoms with van der Waals surface area (Å²) in [5.74, 6) is -0.676. The maximum Gasteiger partial charge on any atom is 0.337 e. The van der Waals surface area contributed by atoms with E-state index in [0.717, 1.165) is 5.56 Å². The van der Waals surface area contributed by atoms with Crippen molar-refractivity contribution in [1.29, 1.82) is 0 Å². The standard InChI is InChI=1S/C14H13FN2O2/c1-9-12(14(18)19)6-7-13(17-9)16-8-10-2-4-11(15)5-3-10/h2-7H,8H2,1H3,(H,16,17)(H,18,19). The Hall–Kier alpha value is -2.43. The van der Waals surface area contributed by atoms with E-state index < -0.39 is 5.97 Å². The number of hydrogen-bond acceptors (Lipinski definition) is 3. The molecule has 19 heavy (non-hydrogen) atoms. The van der Waals surface area contributed by atoms with Gasteiger partial charge in [-0.15, -0.1) is 0 Å². The van der Waals surface area contributed by atoms with E-state index >= 15 is 0 Å². The van der Waals surface area contributed by atoms with Crippen LogP contribution < -0.4 is 5.32 Å². The van der Waals surface area contributed by atoms with Gasteiger partial charge in [0.2, 0.25) is 0 Å². The van der Waals surface area contributed by atoms with Gasteiger partial charge in [0.25, 0.3) is 0 Å². The average Bonchev–Trinajstić information content (AvgIpc) is 2.37. The van der Waals surface area contributed by atoms with Crippen LogP contribution in [0.1, 0.15) is 21.6 Å². The number of aromatic nitrogens is 1. The van der Waals surface area contributed by atoms with E-state index in [2.05, 4.69) is 10.3 Å². The van der Waals surface area contributed by atoms with Crippen molar-refractivity contribution >= 4 is 11.8 Å². The van der Waals surface area contributed by atoms with Crippen molar-refractivity contribution in [3.05, 3.63) is 59.0 Å². The van der Waals surface area contributed by atoms with Gasteiger partial charge in [0.05, 0.1) is 11.3 Å². The molecule has 2 aromatic rings. The number of nitrogens with zero attached hydrogens (tertiary/aromatic N) is 1. The van der Waals surface area contributed by atoms with Crippen LogP contribution in [0.4, 0.5) is 10.2 Å². The van der Waals surface area contributed by atoms with Crippen LogP contribution >= 0.6 is 0 Å². The highest BCUT2D eigenvalue weighted by atomic mass is 19.1. The molecular weight excluding hydrogens is 247 g/mol. The highest BCUT2D eigenvalue weighted by Crippen LogP contribution is 2.12. The molecule has 0 saturated heterocycles. The molecule has 2 rings (SSSR count). The molecule has 0 aliphatic heterocycles. The van der Waals surface area contributed by atoms with Gasteiger partial charge in [-0.3, -0.25) is 0 Å². The van der Waals surface area contributed by atoms with E-state index in [1.165, 1.54) is 18.2 Å². The fraction of sp³-hybridized carbons (Fsp3) is 0.143. The number of halogens is 1. The van der Waals surface area contributed by atoms with Crippen molar-refractivity contribution in [3.63, 3.8) is 0 Å². The first-order valence-electron chi connectivity index (χ1n) is 5.75. The van der Waals surface area contributed by atoms with E-state index in [-0.39, 0.29) is 11.4 Å². The van der Waals surface area contributed by atoms with Gasteiger partial charge in [-0.05, 0) is 36.8 Å². The zero-order valence-corrected chi connectivity index (χ0v) is 10.4. The van der Waals surface area contributed by atoms with Gasteiger partial charge in [-0.1, -0.05) is 12.1 Å². The zero-order chi connectivity index (χ0) is 13.8. The SMILES string of the molecule is Cc1nc(NCc2ccc(F)cc2)ccc1C(=O)O. The molecule has 0 atom stereocenters. The molecule has 0 amide bonds. The maximum atomic E-state index is 12.7. The minimum atomic E-state index is -0.991. The largest absolute Gasteiger partial charge is 0.478 e. The highest BCUT2D eigenvalue weighted by molar-refractivity contribution is 5.89. The smallest absolute Gasteiger partial charge is 0.337 e. The minimum Gasteiger partial charge on any atom is -0.478 e. The highest BCUT2D eigenvalue weighted by Gasteiger charge is 2.08. The summed E-state index contributed by atoms with van der Waals surface area (Å²) >= 11 is 0. The molecule has 98 valence electrons. The van der Waals surface area contributed by atoms with Crippen LogP contribution in [0.25, 0.3) is 0 Å². The summed E-state index contributed by atoms with van der Waals surface area (Å²) in [5.41, 5.74) is 1.56. The number of aromatic carboxylic acids is 1. The topological polar surface area (TPSA) is 62.2 Å². The summed E-state index contributed by atoms with van der Waals surface area (Å²) in [7, 11) is 0. The van der Waals surface area contributed by atoms with Gasteiger partial charge in [0, 0.05) is 6.54 Å². The number of benzene rings is 1. The molecular formula is C14H13FN2O2. The number of carboxylic acids is 1. The lowest BCUT2D eigenvalue weighted by Crippen LogP contribution is -2.06. The Bertz CT molecular complexity index is 597. The van der Waals surface area contributed by atoms with Gasteiger partial charge in [-0.25, -0.2) is 14.2 Å². The van der Waals surface area contributed by atoms with Crippen LogP contribution in [-0.4, -0.2) is 16.1 Å². The van der Waals surface area contributed by atoms with Crippen LogP contribution in [0.2, 0.25) is 0 Å². The molecule has 0 bridgehead atoms. The predicted molar refractivity (Wildman–Crippen MR) is 69.7 cm³/mol. The maximum absolute atomic E-state index is 12.7. The number of hydrogen-bond donors (Lipinski definition) is 2. The van der Waals surface area contributed by atoms with Gasteiger partial charge < -0.3 is 10.4 Å². The number of nitrogens with one attached hydrogen (secondary N) is 1.